The molecule has 8 heteroatoms. The molecule has 1 aromatic heterocycles. The molecule has 1 heterocycles. The number of carboxylic acid groups (broad SMARTS) is 1. The second kappa shape index (κ2) is 7.67. The number of aliphatic carboxylic acids is 1. The van der Waals surface area contributed by atoms with Gasteiger partial charge in [0.25, 0.3) is 0 Å². The van der Waals surface area contributed by atoms with E-state index >= 15 is 0 Å². The van der Waals surface area contributed by atoms with Crippen molar-refractivity contribution in [3.63, 3.8) is 0 Å². The van der Waals surface area contributed by atoms with Crippen molar-refractivity contribution >= 4 is 23.8 Å². The normalized spacial score (nSPS) is 11.9. The number of amides is 2. The van der Waals surface area contributed by atoms with E-state index in [0.717, 1.165) is 0 Å². The maximum Gasteiger partial charge on any atom is 0.326 e. The zero-order chi connectivity index (χ0) is 14.3. The van der Waals surface area contributed by atoms with Crippen molar-refractivity contribution in [2.45, 2.75) is 25.9 Å². The lowest BCUT2D eigenvalue weighted by Crippen LogP contribution is -2.46. The van der Waals surface area contributed by atoms with Gasteiger partial charge in [-0.1, -0.05) is 0 Å². The van der Waals surface area contributed by atoms with Crippen molar-refractivity contribution < 1.29 is 19.1 Å². The quantitative estimate of drug-likeness (QED) is 0.690. The van der Waals surface area contributed by atoms with Crippen molar-refractivity contribution in [1.29, 1.82) is 0 Å². The van der Waals surface area contributed by atoms with E-state index < -0.39 is 18.0 Å². The molecular weight excluding hydrogens is 270 g/mol. The Morgan fingerprint density at radius 2 is 2.32 bits per heavy atom. The SMILES string of the molecule is CSCC[C@H](NC(=O)NCc1ncc(C)o1)C(=O)O. The van der Waals surface area contributed by atoms with Crippen molar-refractivity contribution in [2.75, 3.05) is 12.0 Å². The molecule has 0 aliphatic heterocycles. The van der Waals surface area contributed by atoms with Crippen LogP contribution in [0.4, 0.5) is 4.79 Å². The van der Waals surface area contributed by atoms with Gasteiger partial charge < -0.3 is 20.2 Å². The number of oxazole rings is 1. The van der Waals surface area contributed by atoms with Crippen LogP contribution in [0.15, 0.2) is 10.6 Å². The fraction of sp³-hybridized carbons (Fsp3) is 0.545. The number of thioether (sulfide) groups is 1. The minimum absolute atomic E-state index is 0.120. The molecule has 3 N–H and O–H groups in total. The Balaban J connectivity index is 2.37. The molecule has 0 radical (unpaired) electrons. The molecule has 0 aliphatic rings. The fourth-order valence-electron chi connectivity index (χ4n) is 1.34. The van der Waals surface area contributed by atoms with Gasteiger partial charge in [0.1, 0.15) is 11.8 Å². The molecule has 0 aliphatic carbocycles. The van der Waals surface area contributed by atoms with E-state index in [0.29, 0.717) is 23.8 Å². The van der Waals surface area contributed by atoms with Gasteiger partial charge in [-0.2, -0.15) is 11.8 Å². The van der Waals surface area contributed by atoms with Crippen molar-refractivity contribution in [3.8, 4) is 0 Å². The number of carbonyl (C=O) groups excluding carboxylic acids is 1. The van der Waals surface area contributed by atoms with Crippen LogP contribution >= 0.6 is 11.8 Å². The molecule has 0 fully saturated rings. The Labute approximate surface area is 115 Å². The molecule has 1 aromatic rings. The lowest BCUT2D eigenvalue weighted by molar-refractivity contribution is -0.139. The Hall–Kier alpha value is -1.70. The minimum atomic E-state index is -1.05. The summed E-state index contributed by atoms with van der Waals surface area (Å²) in [5.41, 5.74) is 0. The van der Waals surface area contributed by atoms with Crippen LogP contribution in [-0.2, 0) is 11.3 Å². The van der Waals surface area contributed by atoms with Gasteiger partial charge >= 0.3 is 12.0 Å². The number of nitrogens with zero attached hydrogens (tertiary/aromatic N) is 1. The van der Waals surface area contributed by atoms with Gasteiger partial charge in [0.05, 0.1) is 12.7 Å². The van der Waals surface area contributed by atoms with Crippen LogP contribution in [0.2, 0.25) is 0 Å². The number of urea groups is 1. The van der Waals surface area contributed by atoms with Crippen LogP contribution < -0.4 is 10.6 Å². The third kappa shape index (κ3) is 5.64. The smallest absolute Gasteiger partial charge is 0.326 e. The van der Waals surface area contributed by atoms with E-state index in [1.165, 1.54) is 11.8 Å². The number of aromatic nitrogens is 1. The summed E-state index contributed by atoms with van der Waals surface area (Å²) in [6, 6.07) is -1.44. The fourth-order valence-corrected chi connectivity index (χ4v) is 1.81. The number of hydrogen-bond acceptors (Lipinski definition) is 5. The Kier molecular flexibility index (Phi) is 6.20. The van der Waals surface area contributed by atoms with Gasteiger partial charge in [0, 0.05) is 0 Å². The zero-order valence-corrected chi connectivity index (χ0v) is 11.6. The summed E-state index contributed by atoms with van der Waals surface area (Å²) in [6.45, 7) is 1.87. The van der Waals surface area contributed by atoms with Gasteiger partial charge in [-0.3, -0.25) is 0 Å². The van der Waals surface area contributed by atoms with Crippen LogP contribution in [0, 0.1) is 6.92 Å². The van der Waals surface area contributed by atoms with E-state index in [1.54, 1.807) is 13.1 Å². The van der Waals surface area contributed by atoms with Crippen LogP contribution in [0.3, 0.4) is 0 Å². The van der Waals surface area contributed by atoms with E-state index in [4.69, 9.17) is 9.52 Å². The van der Waals surface area contributed by atoms with Gasteiger partial charge in [0.15, 0.2) is 0 Å². The third-order valence-electron chi connectivity index (χ3n) is 2.28. The molecule has 0 aromatic carbocycles. The third-order valence-corrected chi connectivity index (χ3v) is 2.93. The molecule has 2 amide bonds. The second-order valence-electron chi connectivity index (χ2n) is 3.86. The molecule has 0 spiro atoms. The van der Waals surface area contributed by atoms with Gasteiger partial charge in [-0.25, -0.2) is 14.6 Å². The summed E-state index contributed by atoms with van der Waals surface area (Å²) in [4.78, 5) is 26.4. The van der Waals surface area contributed by atoms with Crippen LogP contribution in [0.5, 0.6) is 0 Å². The number of rotatable bonds is 7. The summed E-state index contributed by atoms with van der Waals surface area (Å²) in [5.74, 6) is 0.649. The van der Waals surface area contributed by atoms with E-state index in [9.17, 15) is 9.59 Å². The molecular formula is C11H17N3O4S. The predicted molar refractivity (Wildman–Crippen MR) is 71.0 cm³/mol. The number of hydrogen-bond donors (Lipinski definition) is 3. The predicted octanol–water partition coefficient (Wildman–Crippen LogP) is 0.989. The largest absolute Gasteiger partial charge is 0.480 e. The lowest BCUT2D eigenvalue weighted by Gasteiger charge is -2.14. The first-order valence-electron chi connectivity index (χ1n) is 5.70. The van der Waals surface area contributed by atoms with Gasteiger partial charge in [0.2, 0.25) is 5.89 Å². The van der Waals surface area contributed by atoms with Crippen molar-refractivity contribution in [2.24, 2.45) is 0 Å². The highest BCUT2D eigenvalue weighted by molar-refractivity contribution is 7.98. The molecule has 1 rings (SSSR count). The molecule has 0 unspecified atom stereocenters. The van der Waals surface area contributed by atoms with Crippen LogP contribution in [0.1, 0.15) is 18.1 Å². The Morgan fingerprint density at radius 1 is 1.58 bits per heavy atom. The lowest BCUT2D eigenvalue weighted by atomic mass is 10.2. The van der Waals surface area contributed by atoms with Crippen molar-refractivity contribution in [3.05, 3.63) is 17.8 Å². The zero-order valence-electron chi connectivity index (χ0n) is 10.8. The first-order valence-corrected chi connectivity index (χ1v) is 7.09. The summed E-state index contributed by atoms with van der Waals surface area (Å²) >= 11 is 1.53. The maximum atomic E-state index is 11.5. The molecule has 7 nitrogen and oxygen atoms in total. The molecule has 106 valence electrons. The number of aryl methyl sites for hydroxylation is 1. The number of carboxylic acids is 1. The average Bonchev–Trinajstić information content (AvgIpc) is 2.77. The standard InChI is InChI=1S/C11H17N3O4S/c1-7-5-12-9(18-7)6-13-11(17)14-8(10(15)16)3-4-19-2/h5,8H,3-4,6H2,1-2H3,(H,15,16)(H2,13,14,17)/t8-/m0/s1. The highest BCUT2D eigenvalue weighted by Gasteiger charge is 2.19. The molecule has 0 saturated heterocycles. The minimum Gasteiger partial charge on any atom is -0.480 e. The van der Waals surface area contributed by atoms with E-state index in [1.807, 2.05) is 6.26 Å². The molecule has 0 saturated carbocycles. The summed E-state index contributed by atoms with van der Waals surface area (Å²) < 4.78 is 5.18. The monoisotopic (exact) mass is 287 g/mol. The first-order chi connectivity index (χ1) is 9.02. The summed E-state index contributed by atoms with van der Waals surface area (Å²) in [7, 11) is 0. The van der Waals surface area contributed by atoms with E-state index in [2.05, 4.69) is 15.6 Å². The van der Waals surface area contributed by atoms with Gasteiger partial charge in [-0.05, 0) is 25.4 Å². The highest BCUT2D eigenvalue weighted by Crippen LogP contribution is 2.02. The maximum absolute atomic E-state index is 11.5. The highest BCUT2D eigenvalue weighted by atomic mass is 32.2. The Bertz CT molecular complexity index is 435. The molecule has 19 heavy (non-hydrogen) atoms. The topological polar surface area (TPSA) is 104 Å². The second-order valence-corrected chi connectivity index (χ2v) is 4.85. The van der Waals surface area contributed by atoms with Crippen LogP contribution in [-0.4, -0.2) is 40.1 Å². The number of carbonyl (C=O) groups is 2. The number of nitrogens with one attached hydrogen (secondary N) is 2. The first kappa shape index (κ1) is 15.4. The Morgan fingerprint density at radius 3 is 2.84 bits per heavy atom. The summed E-state index contributed by atoms with van der Waals surface area (Å²) in [5, 5.41) is 13.8. The van der Waals surface area contributed by atoms with Crippen molar-refractivity contribution in [1.82, 2.24) is 15.6 Å². The average molecular weight is 287 g/mol. The van der Waals surface area contributed by atoms with E-state index in [-0.39, 0.29) is 6.54 Å². The van der Waals surface area contributed by atoms with Crippen LogP contribution in [0.25, 0.3) is 0 Å². The van der Waals surface area contributed by atoms with Gasteiger partial charge in [-0.15, -0.1) is 0 Å². The molecule has 1 atom stereocenters. The molecule has 0 bridgehead atoms. The summed E-state index contributed by atoms with van der Waals surface area (Å²) in [6.07, 6.45) is 3.80.